The zero-order valence-electron chi connectivity index (χ0n) is 13.1. The molecule has 1 unspecified atom stereocenters. The van der Waals surface area contributed by atoms with Crippen LogP contribution in [0.4, 0.5) is 0 Å². The molecule has 1 amide bonds. The number of hydrogen-bond donors (Lipinski definition) is 2. The van der Waals surface area contributed by atoms with Gasteiger partial charge in [-0.25, -0.2) is 0 Å². The smallest absolute Gasteiger partial charge is 0.220 e. The van der Waals surface area contributed by atoms with Crippen molar-refractivity contribution in [1.82, 2.24) is 10.6 Å². The highest BCUT2D eigenvalue weighted by Gasteiger charge is 2.14. The third kappa shape index (κ3) is 5.15. The van der Waals surface area contributed by atoms with E-state index in [-0.39, 0.29) is 24.5 Å². The van der Waals surface area contributed by atoms with Crippen molar-refractivity contribution in [3.05, 3.63) is 29.8 Å². The van der Waals surface area contributed by atoms with Gasteiger partial charge in [0.2, 0.25) is 5.91 Å². The van der Waals surface area contributed by atoms with Gasteiger partial charge in [0.15, 0.2) is 5.78 Å². The first-order valence-corrected chi connectivity index (χ1v) is 7.83. The normalized spacial score (nSPS) is 17.8. The Morgan fingerprint density at radius 3 is 2.68 bits per heavy atom. The molecule has 1 heterocycles. The number of carbonyl (C=O) groups excluding carboxylic acids is 2. The molecule has 1 atom stereocenters. The molecule has 5 nitrogen and oxygen atoms in total. The van der Waals surface area contributed by atoms with Gasteiger partial charge in [-0.05, 0) is 56.1 Å². The lowest BCUT2D eigenvalue weighted by molar-refractivity contribution is -0.121. The predicted octanol–water partition coefficient (Wildman–Crippen LogP) is 1.77. The summed E-state index contributed by atoms with van der Waals surface area (Å²) in [6.45, 7) is 2.73. The van der Waals surface area contributed by atoms with Crippen LogP contribution in [0.2, 0.25) is 0 Å². The zero-order chi connectivity index (χ0) is 15.8. The minimum atomic E-state index is -0.0487. The highest BCUT2D eigenvalue weighted by Crippen LogP contribution is 2.13. The lowest BCUT2D eigenvalue weighted by atomic mass is 9.99. The molecular formula is C17H24N2O3. The maximum absolute atomic E-state index is 12.0. The minimum Gasteiger partial charge on any atom is -0.497 e. The van der Waals surface area contributed by atoms with Crippen LogP contribution in [0.25, 0.3) is 0 Å². The van der Waals surface area contributed by atoms with Crippen molar-refractivity contribution in [2.24, 2.45) is 5.92 Å². The van der Waals surface area contributed by atoms with Crippen LogP contribution < -0.4 is 15.4 Å². The Morgan fingerprint density at radius 2 is 2.05 bits per heavy atom. The van der Waals surface area contributed by atoms with Crippen LogP contribution in [0.1, 0.15) is 36.0 Å². The molecule has 1 aromatic carbocycles. The van der Waals surface area contributed by atoms with Crippen molar-refractivity contribution in [3.8, 4) is 5.75 Å². The molecule has 2 rings (SSSR count). The Balaban J connectivity index is 1.69. The molecule has 0 radical (unpaired) electrons. The van der Waals surface area contributed by atoms with E-state index in [1.54, 1.807) is 31.4 Å². The third-order valence-corrected chi connectivity index (χ3v) is 3.98. The SMILES string of the molecule is COc1ccc(C(=O)CCC(=O)NCC2CCCNC2)cc1. The number of ether oxygens (including phenoxy) is 1. The molecule has 22 heavy (non-hydrogen) atoms. The van der Waals surface area contributed by atoms with Crippen LogP contribution in [0, 0.1) is 5.92 Å². The Hall–Kier alpha value is -1.88. The maximum atomic E-state index is 12.0. The van der Waals surface area contributed by atoms with Crippen molar-refractivity contribution >= 4 is 11.7 Å². The second-order valence-corrected chi connectivity index (χ2v) is 5.67. The van der Waals surface area contributed by atoms with Gasteiger partial charge in [0.25, 0.3) is 0 Å². The molecule has 0 spiro atoms. The number of Topliss-reactive ketones (excluding diaryl/α,β-unsaturated/α-hetero) is 1. The quantitative estimate of drug-likeness (QED) is 0.754. The first-order chi connectivity index (χ1) is 10.7. The average molecular weight is 304 g/mol. The van der Waals surface area contributed by atoms with E-state index in [0.29, 0.717) is 18.0 Å². The summed E-state index contributed by atoms with van der Waals surface area (Å²) in [6.07, 6.45) is 2.79. The molecule has 1 aliphatic heterocycles. The number of ketones is 1. The summed E-state index contributed by atoms with van der Waals surface area (Å²) < 4.78 is 5.06. The second-order valence-electron chi connectivity index (χ2n) is 5.67. The summed E-state index contributed by atoms with van der Waals surface area (Å²) in [5.74, 6) is 1.16. The van der Waals surface area contributed by atoms with Gasteiger partial charge in [-0.15, -0.1) is 0 Å². The second kappa shape index (κ2) is 8.54. The van der Waals surface area contributed by atoms with E-state index in [0.717, 1.165) is 31.7 Å². The van der Waals surface area contributed by atoms with Crippen LogP contribution in [-0.2, 0) is 4.79 Å². The van der Waals surface area contributed by atoms with E-state index < -0.39 is 0 Å². The molecule has 1 aliphatic rings. The van der Waals surface area contributed by atoms with Crippen molar-refractivity contribution in [2.45, 2.75) is 25.7 Å². The van der Waals surface area contributed by atoms with Gasteiger partial charge in [-0.2, -0.15) is 0 Å². The lowest BCUT2D eigenvalue weighted by Gasteiger charge is -2.22. The maximum Gasteiger partial charge on any atom is 0.220 e. The Labute approximate surface area is 131 Å². The number of hydrogen-bond acceptors (Lipinski definition) is 4. The number of methoxy groups -OCH3 is 1. The Bertz CT molecular complexity index is 493. The molecule has 0 saturated carbocycles. The first-order valence-electron chi connectivity index (χ1n) is 7.83. The highest BCUT2D eigenvalue weighted by molar-refractivity contribution is 5.98. The molecule has 0 bridgehead atoms. The fourth-order valence-corrected chi connectivity index (χ4v) is 2.59. The molecule has 1 fully saturated rings. The number of benzene rings is 1. The van der Waals surface area contributed by atoms with Gasteiger partial charge >= 0.3 is 0 Å². The van der Waals surface area contributed by atoms with Crippen LogP contribution >= 0.6 is 0 Å². The minimum absolute atomic E-state index is 0.0165. The fourth-order valence-electron chi connectivity index (χ4n) is 2.59. The first kappa shape index (κ1) is 16.5. The number of rotatable bonds is 7. The summed E-state index contributed by atoms with van der Waals surface area (Å²) >= 11 is 0. The van der Waals surface area contributed by atoms with E-state index >= 15 is 0 Å². The summed E-state index contributed by atoms with van der Waals surface area (Å²) in [7, 11) is 1.59. The average Bonchev–Trinajstić information content (AvgIpc) is 2.58. The van der Waals surface area contributed by atoms with Gasteiger partial charge < -0.3 is 15.4 Å². The number of carbonyl (C=O) groups is 2. The van der Waals surface area contributed by atoms with Gasteiger partial charge in [0.1, 0.15) is 5.75 Å². The van der Waals surface area contributed by atoms with Crippen molar-refractivity contribution in [2.75, 3.05) is 26.7 Å². The summed E-state index contributed by atoms with van der Waals surface area (Å²) in [6, 6.07) is 6.96. The van der Waals surface area contributed by atoms with E-state index in [4.69, 9.17) is 4.74 Å². The van der Waals surface area contributed by atoms with Crippen LogP contribution in [0.5, 0.6) is 5.75 Å². The molecule has 120 valence electrons. The monoisotopic (exact) mass is 304 g/mol. The molecule has 1 saturated heterocycles. The van der Waals surface area contributed by atoms with Crippen LogP contribution in [-0.4, -0.2) is 38.4 Å². The van der Waals surface area contributed by atoms with E-state index in [1.807, 2.05) is 0 Å². The summed E-state index contributed by atoms with van der Waals surface area (Å²) in [4.78, 5) is 23.8. The number of piperidine rings is 1. The molecule has 2 N–H and O–H groups in total. The van der Waals surface area contributed by atoms with Gasteiger partial charge in [-0.1, -0.05) is 0 Å². The number of amides is 1. The largest absolute Gasteiger partial charge is 0.497 e. The zero-order valence-corrected chi connectivity index (χ0v) is 13.1. The molecule has 5 heteroatoms. The van der Waals surface area contributed by atoms with E-state index in [2.05, 4.69) is 10.6 Å². The molecular weight excluding hydrogens is 280 g/mol. The van der Waals surface area contributed by atoms with Crippen molar-refractivity contribution < 1.29 is 14.3 Å². The standard InChI is InChI=1S/C17H24N2O3/c1-22-15-6-4-14(5-7-15)16(20)8-9-17(21)19-12-13-3-2-10-18-11-13/h4-7,13,18H,2-3,8-12H2,1H3,(H,19,21). The van der Waals surface area contributed by atoms with Crippen LogP contribution in [0.15, 0.2) is 24.3 Å². The third-order valence-electron chi connectivity index (χ3n) is 3.98. The van der Waals surface area contributed by atoms with Crippen molar-refractivity contribution in [3.63, 3.8) is 0 Å². The predicted molar refractivity (Wildman–Crippen MR) is 85.2 cm³/mol. The number of nitrogens with one attached hydrogen (secondary N) is 2. The summed E-state index contributed by atoms with van der Waals surface area (Å²) in [5.41, 5.74) is 0.616. The van der Waals surface area contributed by atoms with Gasteiger partial charge in [0, 0.05) is 24.9 Å². The van der Waals surface area contributed by atoms with Crippen LogP contribution in [0.3, 0.4) is 0 Å². The van der Waals surface area contributed by atoms with Gasteiger partial charge in [-0.3, -0.25) is 9.59 Å². The molecule has 0 aromatic heterocycles. The topological polar surface area (TPSA) is 67.4 Å². The van der Waals surface area contributed by atoms with E-state index in [9.17, 15) is 9.59 Å². The van der Waals surface area contributed by atoms with E-state index in [1.165, 1.54) is 0 Å². The Morgan fingerprint density at radius 1 is 1.27 bits per heavy atom. The fraction of sp³-hybridized carbons (Fsp3) is 0.529. The van der Waals surface area contributed by atoms with Crippen molar-refractivity contribution in [1.29, 1.82) is 0 Å². The molecule has 0 aliphatic carbocycles. The summed E-state index contributed by atoms with van der Waals surface area (Å²) in [5, 5.41) is 6.25. The highest BCUT2D eigenvalue weighted by atomic mass is 16.5. The molecule has 1 aromatic rings. The Kier molecular flexibility index (Phi) is 6.40. The lowest BCUT2D eigenvalue weighted by Crippen LogP contribution is -2.38. The van der Waals surface area contributed by atoms with Gasteiger partial charge in [0.05, 0.1) is 7.11 Å².